The van der Waals surface area contributed by atoms with Gasteiger partial charge in [-0.05, 0) is 32.0 Å². The maximum absolute atomic E-state index is 12.8. The third kappa shape index (κ3) is 3.46. The number of aromatic amines is 1. The lowest BCUT2D eigenvalue weighted by molar-refractivity contribution is 0.0775. The molecule has 0 fully saturated rings. The van der Waals surface area contributed by atoms with Gasteiger partial charge in [-0.3, -0.25) is 19.4 Å². The third-order valence-electron chi connectivity index (χ3n) is 4.24. The molecule has 0 unspecified atom stereocenters. The number of nitrogens with zero attached hydrogens (tertiary/aromatic N) is 3. The number of nitrogens with one attached hydrogen (secondary N) is 1. The van der Waals surface area contributed by atoms with Crippen LogP contribution in [-0.4, -0.2) is 45.8 Å². The molecule has 0 atom stereocenters. The van der Waals surface area contributed by atoms with Crippen molar-refractivity contribution in [2.24, 2.45) is 7.05 Å². The molecule has 0 aliphatic heterocycles. The van der Waals surface area contributed by atoms with E-state index in [1.807, 2.05) is 31.2 Å². The number of ether oxygens (including phenoxy) is 1. The van der Waals surface area contributed by atoms with E-state index in [0.29, 0.717) is 35.4 Å². The van der Waals surface area contributed by atoms with Crippen LogP contribution in [0.25, 0.3) is 11.0 Å². The summed E-state index contributed by atoms with van der Waals surface area (Å²) in [6.45, 7) is 4.58. The van der Waals surface area contributed by atoms with Gasteiger partial charge in [-0.25, -0.2) is 4.98 Å². The predicted molar refractivity (Wildman–Crippen MR) is 99.7 cm³/mol. The number of likely N-dealkylation sites (N-methyl/N-ethyl adjacent to an activating group) is 1. The molecule has 7 nitrogen and oxygen atoms in total. The van der Waals surface area contributed by atoms with Crippen LogP contribution in [-0.2, 0) is 7.05 Å². The topological polar surface area (TPSA) is 80.2 Å². The summed E-state index contributed by atoms with van der Waals surface area (Å²) in [7, 11) is 3.39. The van der Waals surface area contributed by atoms with Crippen molar-refractivity contribution in [2.45, 2.75) is 13.8 Å². The Bertz CT molecular complexity index is 1000. The van der Waals surface area contributed by atoms with E-state index in [-0.39, 0.29) is 11.5 Å². The lowest BCUT2D eigenvalue weighted by Crippen LogP contribution is -2.31. The number of hydrogen-bond acceptors (Lipinski definition) is 4. The van der Waals surface area contributed by atoms with Crippen LogP contribution in [0.3, 0.4) is 0 Å². The molecule has 3 aromatic rings. The average molecular weight is 354 g/mol. The van der Waals surface area contributed by atoms with Gasteiger partial charge in [-0.15, -0.1) is 0 Å². The minimum absolute atomic E-state index is 0.232. The maximum atomic E-state index is 12.8. The van der Waals surface area contributed by atoms with E-state index in [0.717, 1.165) is 11.3 Å². The number of carbonyl (C=O) groups excluding carboxylic acids is 1. The Morgan fingerprint density at radius 1 is 1.27 bits per heavy atom. The van der Waals surface area contributed by atoms with Gasteiger partial charge in [0.05, 0.1) is 17.5 Å². The zero-order valence-electron chi connectivity index (χ0n) is 15.4. The molecule has 1 N–H and O–H groups in total. The van der Waals surface area contributed by atoms with Gasteiger partial charge in [-0.1, -0.05) is 17.7 Å². The van der Waals surface area contributed by atoms with E-state index in [1.165, 1.54) is 4.68 Å². The molecular weight excluding hydrogens is 332 g/mol. The Hall–Kier alpha value is -3.09. The Balaban J connectivity index is 1.75. The first-order chi connectivity index (χ1) is 12.4. The minimum atomic E-state index is -0.317. The predicted octanol–water partition coefficient (Wildman–Crippen LogP) is 2.03. The van der Waals surface area contributed by atoms with Crippen molar-refractivity contribution in [1.82, 2.24) is 19.7 Å². The number of rotatable bonds is 5. The van der Waals surface area contributed by atoms with Crippen molar-refractivity contribution in [3.63, 3.8) is 0 Å². The van der Waals surface area contributed by atoms with E-state index in [1.54, 1.807) is 32.0 Å². The van der Waals surface area contributed by atoms with Gasteiger partial charge < -0.3 is 9.64 Å². The van der Waals surface area contributed by atoms with Crippen LogP contribution in [0.4, 0.5) is 0 Å². The highest BCUT2D eigenvalue weighted by Crippen LogP contribution is 2.16. The molecule has 0 spiro atoms. The van der Waals surface area contributed by atoms with Crippen molar-refractivity contribution >= 4 is 16.9 Å². The minimum Gasteiger partial charge on any atom is -0.492 e. The summed E-state index contributed by atoms with van der Waals surface area (Å²) >= 11 is 0. The smallest absolute Gasteiger partial charge is 0.274 e. The van der Waals surface area contributed by atoms with Crippen LogP contribution in [0.15, 0.2) is 35.1 Å². The molecule has 2 heterocycles. The second-order valence-electron chi connectivity index (χ2n) is 6.40. The number of benzene rings is 1. The first-order valence-corrected chi connectivity index (χ1v) is 8.38. The SMILES string of the molecule is Cc1ccc(OCCN(C)C(=O)c2cc(C)nc3c2c(=O)[nH]n3C)cc1. The molecule has 2 aromatic heterocycles. The van der Waals surface area contributed by atoms with E-state index in [4.69, 9.17) is 4.74 Å². The molecule has 0 bridgehead atoms. The molecule has 0 aliphatic rings. The standard InChI is InChI=1S/C19H22N4O3/c1-12-5-7-14(8-6-12)26-10-9-22(3)19(25)15-11-13(2)20-17-16(15)18(24)21-23(17)4/h5-8,11H,9-10H2,1-4H3,(H,21,24). The number of amides is 1. The molecule has 0 saturated heterocycles. The van der Waals surface area contributed by atoms with Gasteiger partial charge in [0.25, 0.3) is 11.5 Å². The van der Waals surface area contributed by atoms with Crippen molar-refractivity contribution < 1.29 is 9.53 Å². The van der Waals surface area contributed by atoms with Crippen molar-refractivity contribution in [3.8, 4) is 5.75 Å². The molecular formula is C19H22N4O3. The second kappa shape index (κ2) is 7.03. The zero-order chi connectivity index (χ0) is 18.8. The molecule has 0 aliphatic carbocycles. The third-order valence-corrected chi connectivity index (χ3v) is 4.24. The Morgan fingerprint density at radius 2 is 1.96 bits per heavy atom. The van der Waals surface area contributed by atoms with Gasteiger partial charge in [0.15, 0.2) is 5.65 Å². The summed E-state index contributed by atoms with van der Waals surface area (Å²) in [5.74, 6) is 0.530. The number of fused-ring (bicyclic) bond motifs is 1. The lowest BCUT2D eigenvalue weighted by Gasteiger charge is -2.18. The Labute approximate surface area is 151 Å². The number of pyridine rings is 1. The zero-order valence-corrected chi connectivity index (χ0v) is 15.4. The highest BCUT2D eigenvalue weighted by Gasteiger charge is 2.20. The highest BCUT2D eigenvalue weighted by molar-refractivity contribution is 6.05. The first kappa shape index (κ1) is 17.7. The fourth-order valence-corrected chi connectivity index (χ4v) is 2.80. The summed E-state index contributed by atoms with van der Waals surface area (Å²) in [5, 5.41) is 2.96. The van der Waals surface area contributed by atoms with Crippen LogP contribution in [0.5, 0.6) is 5.75 Å². The monoisotopic (exact) mass is 354 g/mol. The maximum Gasteiger partial charge on any atom is 0.274 e. The molecule has 136 valence electrons. The average Bonchev–Trinajstić information content (AvgIpc) is 2.89. The number of aryl methyl sites for hydroxylation is 3. The number of hydrogen-bond donors (Lipinski definition) is 1. The number of aromatic nitrogens is 3. The summed E-state index contributed by atoms with van der Waals surface area (Å²) < 4.78 is 7.21. The summed E-state index contributed by atoms with van der Waals surface area (Å²) in [6.07, 6.45) is 0. The molecule has 1 amide bonds. The van der Waals surface area contributed by atoms with Gasteiger partial charge in [-0.2, -0.15) is 0 Å². The Kier molecular flexibility index (Phi) is 4.79. The molecule has 7 heteroatoms. The van der Waals surface area contributed by atoms with Crippen LogP contribution in [0.1, 0.15) is 21.6 Å². The number of carbonyl (C=O) groups is 1. The van der Waals surface area contributed by atoms with E-state index in [9.17, 15) is 9.59 Å². The highest BCUT2D eigenvalue weighted by atomic mass is 16.5. The van der Waals surface area contributed by atoms with Gasteiger partial charge >= 0.3 is 0 Å². The molecule has 0 saturated carbocycles. The van der Waals surface area contributed by atoms with E-state index < -0.39 is 0 Å². The van der Waals surface area contributed by atoms with Crippen LogP contribution in [0.2, 0.25) is 0 Å². The first-order valence-electron chi connectivity index (χ1n) is 8.38. The van der Waals surface area contributed by atoms with Crippen molar-refractivity contribution in [1.29, 1.82) is 0 Å². The molecule has 3 rings (SSSR count). The lowest BCUT2D eigenvalue weighted by atomic mass is 10.1. The van der Waals surface area contributed by atoms with Crippen molar-refractivity contribution in [2.75, 3.05) is 20.2 Å². The normalized spacial score (nSPS) is 10.9. The summed E-state index contributed by atoms with van der Waals surface area (Å²) in [5.41, 5.74) is 2.35. The molecule has 26 heavy (non-hydrogen) atoms. The summed E-state index contributed by atoms with van der Waals surface area (Å²) in [6, 6.07) is 9.40. The quantitative estimate of drug-likeness (QED) is 0.760. The van der Waals surface area contributed by atoms with Gasteiger partial charge in [0, 0.05) is 19.8 Å². The van der Waals surface area contributed by atoms with Crippen LogP contribution in [0, 0.1) is 13.8 Å². The fourth-order valence-electron chi connectivity index (χ4n) is 2.80. The second-order valence-corrected chi connectivity index (χ2v) is 6.40. The van der Waals surface area contributed by atoms with Crippen molar-refractivity contribution in [3.05, 3.63) is 57.5 Å². The van der Waals surface area contributed by atoms with E-state index in [2.05, 4.69) is 10.1 Å². The molecule has 1 aromatic carbocycles. The molecule has 0 radical (unpaired) electrons. The fraction of sp³-hybridized carbons (Fsp3) is 0.316. The van der Waals surface area contributed by atoms with Crippen LogP contribution < -0.4 is 10.3 Å². The largest absolute Gasteiger partial charge is 0.492 e. The van der Waals surface area contributed by atoms with Gasteiger partial charge in [0.1, 0.15) is 12.4 Å². The van der Waals surface area contributed by atoms with Gasteiger partial charge in [0.2, 0.25) is 0 Å². The Morgan fingerprint density at radius 3 is 2.65 bits per heavy atom. The van der Waals surface area contributed by atoms with E-state index >= 15 is 0 Å². The van der Waals surface area contributed by atoms with Crippen LogP contribution >= 0.6 is 0 Å². The number of H-pyrrole nitrogens is 1. The summed E-state index contributed by atoms with van der Waals surface area (Å²) in [4.78, 5) is 30.9.